The standard InChI is InChI=1S/C12H18O4/c1-4-12(2,3)16-10(14)7-8-5-6-9(13)11(8)15/h15H,4-7H2,1-3H3. The lowest BCUT2D eigenvalue weighted by atomic mass is 10.1. The van der Waals surface area contributed by atoms with E-state index in [1.165, 1.54) is 0 Å². The highest BCUT2D eigenvalue weighted by Crippen LogP contribution is 2.25. The van der Waals surface area contributed by atoms with E-state index in [9.17, 15) is 14.7 Å². The quantitative estimate of drug-likeness (QED) is 0.747. The average Bonchev–Trinajstić information content (AvgIpc) is 2.49. The fourth-order valence-electron chi connectivity index (χ4n) is 1.46. The molecule has 0 spiro atoms. The third-order valence-electron chi connectivity index (χ3n) is 2.85. The summed E-state index contributed by atoms with van der Waals surface area (Å²) in [7, 11) is 0. The Morgan fingerprint density at radius 1 is 1.44 bits per heavy atom. The Morgan fingerprint density at radius 2 is 2.06 bits per heavy atom. The summed E-state index contributed by atoms with van der Waals surface area (Å²) >= 11 is 0. The molecule has 1 aliphatic rings. The highest BCUT2D eigenvalue weighted by atomic mass is 16.6. The van der Waals surface area contributed by atoms with Gasteiger partial charge < -0.3 is 9.84 Å². The summed E-state index contributed by atoms with van der Waals surface area (Å²) < 4.78 is 5.24. The van der Waals surface area contributed by atoms with Gasteiger partial charge in [0.05, 0.1) is 6.42 Å². The first-order chi connectivity index (χ1) is 7.35. The van der Waals surface area contributed by atoms with Crippen molar-refractivity contribution in [3.05, 3.63) is 11.3 Å². The molecule has 0 atom stereocenters. The average molecular weight is 226 g/mol. The summed E-state index contributed by atoms with van der Waals surface area (Å²) in [5, 5.41) is 9.38. The van der Waals surface area contributed by atoms with Crippen LogP contribution in [0.4, 0.5) is 0 Å². The zero-order valence-electron chi connectivity index (χ0n) is 10.0. The van der Waals surface area contributed by atoms with E-state index in [0.29, 0.717) is 18.4 Å². The molecule has 4 nitrogen and oxygen atoms in total. The number of aliphatic hydroxyl groups excluding tert-OH is 1. The van der Waals surface area contributed by atoms with Crippen LogP contribution >= 0.6 is 0 Å². The molecular formula is C12H18O4. The second-order valence-corrected chi connectivity index (χ2v) is 4.64. The van der Waals surface area contributed by atoms with Crippen molar-refractivity contribution in [2.24, 2.45) is 0 Å². The van der Waals surface area contributed by atoms with E-state index in [4.69, 9.17) is 4.74 Å². The number of carbonyl (C=O) groups is 2. The van der Waals surface area contributed by atoms with E-state index >= 15 is 0 Å². The Morgan fingerprint density at radius 3 is 2.50 bits per heavy atom. The molecule has 0 bridgehead atoms. The Kier molecular flexibility index (Phi) is 3.73. The summed E-state index contributed by atoms with van der Waals surface area (Å²) in [5.74, 6) is -0.910. The zero-order chi connectivity index (χ0) is 12.3. The number of esters is 1. The minimum atomic E-state index is -0.490. The number of Topliss-reactive ketones (excluding diaryl/α,β-unsaturated/α-hetero) is 1. The summed E-state index contributed by atoms with van der Waals surface area (Å²) in [5.41, 5.74) is 0.0116. The molecule has 0 fully saturated rings. The van der Waals surface area contributed by atoms with Gasteiger partial charge in [-0.05, 0) is 32.3 Å². The van der Waals surface area contributed by atoms with Crippen molar-refractivity contribution in [2.45, 2.75) is 52.1 Å². The van der Waals surface area contributed by atoms with Gasteiger partial charge in [0.1, 0.15) is 5.60 Å². The van der Waals surface area contributed by atoms with E-state index in [-0.39, 0.29) is 23.9 Å². The first kappa shape index (κ1) is 12.7. The molecule has 90 valence electrons. The van der Waals surface area contributed by atoms with Crippen LogP contribution in [0.15, 0.2) is 11.3 Å². The van der Waals surface area contributed by atoms with Crippen molar-refractivity contribution in [3.63, 3.8) is 0 Å². The summed E-state index contributed by atoms with van der Waals surface area (Å²) in [6, 6.07) is 0. The molecule has 0 heterocycles. The molecule has 0 aliphatic heterocycles. The maximum absolute atomic E-state index is 11.5. The van der Waals surface area contributed by atoms with Crippen molar-refractivity contribution in [2.75, 3.05) is 0 Å². The van der Waals surface area contributed by atoms with E-state index in [0.717, 1.165) is 6.42 Å². The minimum absolute atomic E-state index is 0.0149. The maximum atomic E-state index is 11.5. The van der Waals surface area contributed by atoms with Crippen LogP contribution < -0.4 is 0 Å². The van der Waals surface area contributed by atoms with Crippen LogP contribution in [0, 0.1) is 0 Å². The second kappa shape index (κ2) is 4.68. The van der Waals surface area contributed by atoms with Gasteiger partial charge >= 0.3 is 5.97 Å². The molecule has 4 heteroatoms. The van der Waals surface area contributed by atoms with Gasteiger partial charge in [0, 0.05) is 6.42 Å². The Hall–Kier alpha value is -1.32. The molecule has 0 aromatic heterocycles. The molecule has 0 amide bonds. The third-order valence-corrected chi connectivity index (χ3v) is 2.85. The highest BCUT2D eigenvalue weighted by Gasteiger charge is 2.26. The molecule has 0 saturated carbocycles. The monoisotopic (exact) mass is 226 g/mol. The van der Waals surface area contributed by atoms with Gasteiger partial charge in [0.2, 0.25) is 0 Å². The number of ketones is 1. The van der Waals surface area contributed by atoms with Crippen LogP contribution in [0.3, 0.4) is 0 Å². The first-order valence-electron chi connectivity index (χ1n) is 5.51. The normalized spacial score (nSPS) is 16.8. The minimum Gasteiger partial charge on any atom is -0.504 e. The second-order valence-electron chi connectivity index (χ2n) is 4.64. The van der Waals surface area contributed by atoms with Crippen molar-refractivity contribution >= 4 is 11.8 Å². The molecule has 1 rings (SSSR count). The predicted octanol–water partition coefficient (Wildman–Crippen LogP) is 2.28. The van der Waals surface area contributed by atoms with Crippen LogP contribution in [0.2, 0.25) is 0 Å². The third kappa shape index (κ3) is 3.08. The SMILES string of the molecule is CCC(C)(C)OC(=O)CC1=C(O)C(=O)CC1. The van der Waals surface area contributed by atoms with Crippen LogP contribution in [-0.4, -0.2) is 22.5 Å². The van der Waals surface area contributed by atoms with Crippen LogP contribution in [0.1, 0.15) is 46.5 Å². The van der Waals surface area contributed by atoms with Gasteiger partial charge in [0.25, 0.3) is 0 Å². The van der Waals surface area contributed by atoms with Crippen LogP contribution in [0.5, 0.6) is 0 Å². The van der Waals surface area contributed by atoms with E-state index < -0.39 is 5.60 Å². The molecule has 0 aromatic carbocycles. The van der Waals surface area contributed by atoms with E-state index in [2.05, 4.69) is 0 Å². The van der Waals surface area contributed by atoms with Gasteiger partial charge in [0.15, 0.2) is 11.5 Å². The molecule has 16 heavy (non-hydrogen) atoms. The number of aliphatic hydroxyl groups is 1. The van der Waals surface area contributed by atoms with Crippen LogP contribution in [-0.2, 0) is 14.3 Å². The predicted molar refractivity (Wildman–Crippen MR) is 59.0 cm³/mol. The largest absolute Gasteiger partial charge is 0.504 e. The highest BCUT2D eigenvalue weighted by molar-refractivity contribution is 5.97. The fraction of sp³-hybridized carbons (Fsp3) is 0.667. The summed E-state index contributed by atoms with van der Waals surface area (Å²) in [6.07, 6.45) is 1.50. The number of rotatable bonds is 4. The summed E-state index contributed by atoms with van der Waals surface area (Å²) in [4.78, 5) is 22.6. The molecule has 0 unspecified atom stereocenters. The molecule has 0 aromatic rings. The number of ether oxygens (including phenoxy) is 1. The summed E-state index contributed by atoms with van der Waals surface area (Å²) in [6.45, 7) is 5.60. The molecular weight excluding hydrogens is 208 g/mol. The van der Waals surface area contributed by atoms with Gasteiger partial charge in [-0.2, -0.15) is 0 Å². The van der Waals surface area contributed by atoms with Crippen molar-refractivity contribution in [1.82, 2.24) is 0 Å². The van der Waals surface area contributed by atoms with Crippen molar-refractivity contribution in [3.8, 4) is 0 Å². The van der Waals surface area contributed by atoms with Gasteiger partial charge in [-0.15, -0.1) is 0 Å². The number of allylic oxidation sites excluding steroid dienone is 1. The maximum Gasteiger partial charge on any atom is 0.310 e. The fourth-order valence-corrected chi connectivity index (χ4v) is 1.46. The number of hydrogen-bond acceptors (Lipinski definition) is 4. The smallest absolute Gasteiger partial charge is 0.310 e. The Balaban J connectivity index is 2.56. The zero-order valence-corrected chi connectivity index (χ0v) is 10.0. The van der Waals surface area contributed by atoms with Gasteiger partial charge in [-0.3, -0.25) is 9.59 Å². The molecule has 0 saturated heterocycles. The topological polar surface area (TPSA) is 63.6 Å². The molecule has 1 N–H and O–H groups in total. The lowest BCUT2D eigenvalue weighted by Crippen LogP contribution is -2.27. The van der Waals surface area contributed by atoms with Gasteiger partial charge in [-0.1, -0.05) is 6.92 Å². The lowest BCUT2D eigenvalue weighted by molar-refractivity contribution is -0.155. The van der Waals surface area contributed by atoms with Crippen molar-refractivity contribution in [1.29, 1.82) is 0 Å². The number of carbonyl (C=O) groups excluding carboxylic acids is 2. The van der Waals surface area contributed by atoms with Crippen LogP contribution in [0.25, 0.3) is 0 Å². The number of hydrogen-bond donors (Lipinski definition) is 1. The van der Waals surface area contributed by atoms with E-state index in [1.807, 2.05) is 20.8 Å². The molecule has 0 radical (unpaired) electrons. The Labute approximate surface area is 95.3 Å². The first-order valence-corrected chi connectivity index (χ1v) is 5.51. The van der Waals surface area contributed by atoms with Gasteiger partial charge in [-0.25, -0.2) is 0 Å². The van der Waals surface area contributed by atoms with E-state index in [1.54, 1.807) is 0 Å². The van der Waals surface area contributed by atoms with Crippen molar-refractivity contribution < 1.29 is 19.4 Å². The Bertz CT molecular complexity index is 339. The molecule has 1 aliphatic carbocycles. The lowest BCUT2D eigenvalue weighted by Gasteiger charge is -2.23.